The smallest absolute Gasteiger partial charge is 0.252 e. The number of nitrogens with one attached hydrogen (secondary N) is 1. The number of rotatable bonds is 6. The summed E-state index contributed by atoms with van der Waals surface area (Å²) in [5, 5.41) is 3.08. The van der Waals surface area contributed by atoms with Crippen molar-refractivity contribution in [2.45, 2.75) is 13.3 Å². The molecule has 5 heteroatoms. The van der Waals surface area contributed by atoms with E-state index < -0.39 is 0 Å². The fraction of sp³-hybridized carbons (Fsp3) is 0.250. The van der Waals surface area contributed by atoms with Crippen LogP contribution in [0.1, 0.15) is 29.3 Å². The second-order valence-electron chi connectivity index (χ2n) is 5.19. The van der Waals surface area contributed by atoms with Crippen LogP contribution in [-0.4, -0.2) is 26.2 Å². The Labute approximate surface area is 153 Å². The molecular formula is C20H20ClNO3. The summed E-state index contributed by atoms with van der Waals surface area (Å²) in [4.78, 5) is 12.3. The van der Waals surface area contributed by atoms with Crippen LogP contribution in [0.3, 0.4) is 0 Å². The molecule has 4 nitrogen and oxygen atoms in total. The average Bonchev–Trinajstić information content (AvgIpc) is 2.64. The van der Waals surface area contributed by atoms with Crippen LogP contribution in [0.4, 0.5) is 0 Å². The minimum Gasteiger partial charge on any atom is -0.493 e. The predicted octanol–water partition coefficient (Wildman–Crippen LogP) is 3.92. The zero-order valence-electron chi connectivity index (χ0n) is 14.3. The molecule has 2 aromatic rings. The van der Waals surface area contributed by atoms with Gasteiger partial charge in [0.1, 0.15) is 0 Å². The lowest BCUT2D eigenvalue weighted by Gasteiger charge is -2.13. The van der Waals surface area contributed by atoms with Crippen LogP contribution in [0.25, 0.3) is 0 Å². The van der Waals surface area contributed by atoms with Crippen molar-refractivity contribution in [1.29, 1.82) is 0 Å². The third-order valence-electron chi connectivity index (χ3n) is 3.29. The first kappa shape index (κ1) is 18.7. The van der Waals surface area contributed by atoms with Gasteiger partial charge in [0, 0.05) is 11.1 Å². The van der Waals surface area contributed by atoms with Gasteiger partial charge in [-0.3, -0.25) is 4.79 Å². The molecule has 0 saturated heterocycles. The summed E-state index contributed by atoms with van der Waals surface area (Å²) >= 11 is 6.22. The van der Waals surface area contributed by atoms with E-state index in [-0.39, 0.29) is 12.5 Å². The fourth-order valence-corrected chi connectivity index (χ4v) is 2.35. The van der Waals surface area contributed by atoms with E-state index in [0.717, 1.165) is 12.0 Å². The van der Waals surface area contributed by atoms with E-state index in [1.807, 2.05) is 37.3 Å². The molecule has 1 amide bonds. The van der Waals surface area contributed by atoms with E-state index in [1.165, 1.54) is 7.11 Å². The third-order valence-corrected chi connectivity index (χ3v) is 3.57. The number of hydrogen-bond donors (Lipinski definition) is 1. The van der Waals surface area contributed by atoms with Gasteiger partial charge in [-0.25, -0.2) is 0 Å². The van der Waals surface area contributed by atoms with Crippen molar-refractivity contribution >= 4 is 17.5 Å². The topological polar surface area (TPSA) is 47.6 Å². The summed E-state index contributed by atoms with van der Waals surface area (Å²) in [7, 11) is 1.51. The molecule has 0 heterocycles. The molecule has 0 fully saturated rings. The quantitative estimate of drug-likeness (QED) is 0.797. The Hall–Kier alpha value is -2.64. The van der Waals surface area contributed by atoms with Gasteiger partial charge >= 0.3 is 0 Å². The number of benzene rings is 2. The van der Waals surface area contributed by atoms with E-state index in [4.69, 9.17) is 21.1 Å². The Morgan fingerprint density at radius 2 is 2.00 bits per heavy atom. The summed E-state index contributed by atoms with van der Waals surface area (Å²) in [6.45, 7) is 2.76. The summed E-state index contributed by atoms with van der Waals surface area (Å²) < 4.78 is 10.9. The average molecular weight is 358 g/mol. The minimum atomic E-state index is -0.274. The second kappa shape index (κ2) is 9.61. The maximum atomic E-state index is 12.3. The third kappa shape index (κ3) is 5.44. The van der Waals surface area contributed by atoms with E-state index in [2.05, 4.69) is 17.2 Å². The van der Waals surface area contributed by atoms with E-state index in [0.29, 0.717) is 28.7 Å². The highest BCUT2D eigenvalue weighted by Crippen LogP contribution is 2.36. The molecule has 0 radical (unpaired) electrons. The van der Waals surface area contributed by atoms with Crippen LogP contribution < -0.4 is 14.8 Å². The van der Waals surface area contributed by atoms with Crippen LogP contribution in [0.15, 0.2) is 42.5 Å². The summed E-state index contributed by atoms with van der Waals surface area (Å²) in [6.07, 6.45) is 0.849. The highest BCUT2D eigenvalue weighted by molar-refractivity contribution is 6.32. The predicted molar refractivity (Wildman–Crippen MR) is 99.4 cm³/mol. The molecule has 25 heavy (non-hydrogen) atoms. The van der Waals surface area contributed by atoms with E-state index in [9.17, 15) is 4.79 Å². The van der Waals surface area contributed by atoms with Crippen LogP contribution >= 0.6 is 11.6 Å². The molecular weight excluding hydrogens is 338 g/mol. The molecule has 0 saturated carbocycles. The standard InChI is InChI=1S/C20H20ClNO3/c1-3-12-25-19-17(21)13-16(14-18(19)24-2)20(23)22-11-7-10-15-8-5-4-6-9-15/h4-6,8-9,13-14H,3,11-12H2,1-2H3,(H,22,23). The Kier molecular flexibility index (Phi) is 7.18. The minimum absolute atomic E-state index is 0.238. The van der Waals surface area contributed by atoms with Crippen molar-refractivity contribution in [3.05, 3.63) is 58.6 Å². The lowest BCUT2D eigenvalue weighted by molar-refractivity contribution is 0.0958. The number of carbonyl (C=O) groups is 1. The van der Waals surface area contributed by atoms with Crippen LogP contribution in [0, 0.1) is 11.8 Å². The SMILES string of the molecule is CCCOc1c(Cl)cc(C(=O)NCC#Cc2ccccc2)cc1OC. The zero-order valence-corrected chi connectivity index (χ0v) is 15.0. The second-order valence-corrected chi connectivity index (χ2v) is 5.60. The molecule has 0 aromatic heterocycles. The Morgan fingerprint density at radius 1 is 1.24 bits per heavy atom. The Bertz CT molecular complexity index is 779. The first-order valence-electron chi connectivity index (χ1n) is 7.98. The molecule has 0 bridgehead atoms. The molecule has 0 atom stereocenters. The van der Waals surface area contributed by atoms with Gasteiger partial charge in [-0.15, -0.1) is 0 Å². The van der Waals surface area contributed by atoms with Gasteiger partial charge in [-0.2, -0.15) is 0 Å². The molecule has 0 spiro atoms. The van der Waals surface area contributed by atoms with Crippen LogP contribution in [0.5, 0.6) is 11.5 Å². The van der Waals surface area contributed by atoms with E-state index >= 15 is 0 Å². The highest BCUT2D eigenvalue weighted by atomic mass is 35.5. The number of amides is 1. The van der Waals surface area contributed by atoms with Gasteiger partial charge < -0.3 is 14.8 Å². The number of ether oxygens (including phenoxy) is 2. The van der Waals surface area contributed by atoms with Gasteiger partial charge in [0.15, 0.2) is 11.5 Å². The number of hydrogen-bond acceptors (Lipinski definition) is 3. The summed E-state index contributed by atoms with van der Waals surface area (Å²) in [5.74, 6) is 6.50. The van der Waals surface area contributed by atoms with Crippen molar-refractivity contribution in [2.75, 3.05) is 20.3 Å². The molecule has 130 valence electrons. The van der Waals surface area contributed by atoms with Crippen LogP contribution in [-0.2, 0) is 0 Å². The van der Waals surface area contributed by atoms with Crippen molar-refractivity contribution in [3.8, 4) is 23.3 Å². The fourth-order valence-electron chi connectivity index (χ4n) is 2.09. The first-order chi connectivity index (χ1) is 12.2. The van der Waals surface area contributed by atoms with Crippen molar-refractivity contribution in [3.63, 3.8) is 0 Å². The molecule has 0 aliphatic carbocycles. The molecule has 0 aliphatic heterocycles. The van der Waals surface area contributed by atoms with Gasteiger partial charge in [-0.1, -0.05) is 48.6 Å². The maximum absolute atomic E-state index is 12.3. The van der Waals surface area contributed by atoms with Crippen molar-refractivity contribution < 1.29 is 14.3 Å². The normalized spacial score (nSPS) is 9.72. The van der Waals surface area contributed by atoms with Crippen molar-refractivity contribution in [1.82, 2.24) is 5.32 Å². The Balaban J connectivity index is 2.04. The van der Waals surface area contributed by atoms with Crippen LogP contribution in [0.2, 0.25) is 5.02 Å². The molecule has 2 aromatic carbocycles. The lowest BCUT2D eigenvalue weighted by Crippen LogP contribution is -2.23. The molecule has 2 rings (SSSR count). The summed E-state index contributed by atoms with van der Waals surface area (Å²) in [6, 6.07) is 12.8. The van der Waals surface area contributed by atoms with Crippen molar-refractivity contribution in [2.24, 2.45) is 0 Å². The molecule has 1 N–H and O–H groups in total. The molecule has 0 aliphatic rings. The molecule has 0 unspecified atom stereocenters. The van der Waals surface area contributed by atoms with Gasteiger partial charge in [0.05, 0.1) is 25.3 Å². The number of carbonyl (C=O) groups excluding carboxylic acids is 1. The van der Waals surface area contributed by atoms with Gasteiger partial charge in [0.2, 0.25) is 0 Å². The van der Waals surface area contributed by atoms with Gasteiger partial charge in [-0.05, 0) is 30.7 Å². The number of halogens is 1. The lowest BCUT2D eigenvalue weighted by atomic mass is 10.2. The first-order valence-corrected chi connectivity index (χ1v) is 8.36. The van der Waals surface area contributed by atoms with E-state index in [1.54, 1.807) is 12.1 Å². The zero-order chi connectivity index (χ0) is 18.1. The highest BCUT2D eigenvalue weighted by Gasteiger charge is 2.15. The maximum Gasteiger partial charge on any atom is 0.252 e. The monoisotopic (exact) mass is 357 g/mol. The Morgan fingerprint density at radius 3 is 2.68 bits per heavy atom. The largest absolute Gasteiger partial charge is 0.493 e. The summed E-state index contributed by atoms with van der Waals surface area (Å²) in [5.41, 5.74) is 1.30. The number of methoxy groups -OCH3 is 1. The van der Waals surface area contributed by atoms with Gasteiger partial charge in [0.25, 0.3) is 5.91 Å².